The van der Waals surface area contributed by atoms with Crippen molar-refractivity contribution in [2.24, 2.45) is 5.73 Å². The molecule has 3 aromatic rings. The number of methoxy groups -OCH3 is 1. The summed E-state index contributed by atoms with van der Waals surface area (Å²) in [6, 6.07) is 19.3. The van der Waals surface area contributed by atoms with Crippen molar-refractivity contribution in [3.8, 4) is 5.75 Å². The summed E-state index contributed by atoms with van der Waals surface area (Å²) in [6.45, 7) is 0. The van der Waals surface area contributed by atoms with Crippen molar-refractivity contribution in [3.05, 3.63) is 76.8 Å². The zero-order valence-electron chi connectivity index (χ0n) is 14.7. The maximum Gasteiger partial charge on any atom is 0.135 e. The number of rotatable bonds is 7. The molecule has 0 heterocycles. The number of Topliss-reactive ketones (excluding diaryl/α,β-unsaturated/α-hetero) is 1. The van der Waals surface area contributed by atoms with Crippen LogP contribution in [0.2, 0.25) is 5.02 Å². The highest BCUT2D eigenvalue weighted by Crippen LogP contribution is 2.23. The van der Waals surface area contributed by atoms with Gasteiger partial charge in [0.25, 0.3) is 0 Å². The topological polar surface area (TPSA) is 52.3 Å². The quantitative estimate of drug-likeness (QED) is 0.632. The number of benzene rings is 3. The van der Waals surface area contributed by atoms with Gasteiger partial charge in [0.15, 0.2) is 0 Å². The Hall–Kier alpha value is -2.36. The van der Waals surface area contributed by atoms with Gasteiger partial charge in [-0.05, 0) is 52.6 Å². The Labute approximate surface area is 158 Å². The Kier molecular flexibility index (Phi) is 5.92. The van der Waals surface area contributed by atoms with Crippen LogP contribution in [0, 0.1) is 0 Å². The van der Waals surface area contributed by atoms with E-state index in [1.807, 2.05) is 30.3 Å². The number of hydrogen-bond acceptors (Lipinski definition) is 3. The van der Waals surface area contributed by atoms with Crippen LogP contribution < -0.4 is 10.5 Å². The van der Waals surface area contributed by atoms with Crippen LogP contribution in [0.15, 0.2) is 60.7 Å². The van der Waals surface area contributed by atoms with Crippen LogP contribution in [0.5, 0.6) is 5.75 Å². The van der Waals surface area contributed by atoms with E-state index < -0.39 is 0 Å². The number of halogens is 1. The predicted octanol–water partition coefficient (Wildman–Crippen LogP) is 5.09. The molecule has 0 aliphatic carbocycles. The number of fused-ring (bicyclic) bond motifs is 1. The van der Waals surface area contributed by atoms with Crippen LogP contribution >= 0.6 is 11.6 Å². The lowest BCUT2D eigenvalue weighted by Crippen LogP contribution is -2.15. The second-order valence-corrected chi connectivity index (χ2v) is 6.88. The second-order valence-electron chi connectivity index (χ2n) is 6.45. The molecule has 3 nitrogen and oxygen atoms in total. The molecule has 0 saturated carbocycles. The Balaban J connectivity index is 1.58. The molecule has 134 valence electrons. The summed E-state index contributed by atoms with van der Waals surface area (Å²) in [5, 5.41) is 2.94. The highest BCUT2D eigenvalue weighted by atomic mass is 35.5. The van der Waals surface area contributed by atoms with Gasteiger partial charge in [0, 0.05) is 23.9 Å². The number of nitrogens with two attached hydrogens (primary N) is 1. The lowest BCUT2D eigenvalue weighted by molar-refractivity contribution is -0.119. The minimum Gasteiger partial charge on any atom is -0.497 e. The molecule has 3 rings (SSSR count). The van der Waals surface area contributed by atoms with Crippen molar-refractivity contribution < 1.29 is 9.53 Å². The van der Waals surface area contributed by atoms with E-state index in [0.717, 1.165) is 27.6 Å². The van der Waals surface area contributed by atoms with Gasteiger partial charge in [-0.25, -0.2) is 0 Å². The third-order valence-electron chi connectivity index (χ3n) is 4.55. The standard InChI is InChI=1S/C22H22ClNO2/c1-26-21-11-7-17-12-15(2-4-18(17)13-21)3-10-20(25)14-22(24)16-5-8-19(23)9-6-16/h2,4-9,11-13,22H,3,10,14,24H2,1H3. The average molecular weight is 368 g/mol. The fourth-order valence-electron chi connectivity index (χ4n) is 3.01. The fraction of sp³-hybridized carbons (Fsp3) is 0.227. The molecule has 1 unspecified atom stereocenters. The molecule has 0 spiro atoms. The Bertz CT molecular complexity index is 906. The van der Waals surface area contributed by atoms with E-state index in [1.165, 1.54) is 0 Å². The van der Waals surface area contributed by atoms with Gasteiger partial charge >= 0.3 is 0 Å². The van der Waals surface area contributed by atoms with Gasteiger partial charge < -0.3 is 10.5 Å². The number of carbonyl (C=O) groups is 1. The first-order valence-corrected chi connectivity index (χ1v) is 9.02. The number of ether oxygens (including phenoxy) is 1. The number of hydrogen-bond donors (Lipinski definition) is 1. The van der Waals surface area contributed by atoms with Gasteiger partial charge in [-0.1, -0.05) is 48.0 Å². The summed E-state index contributed by atoms with van der Waals surface area (Å²) < 4.78 is 5.25. The first kappa shape index (κ1) is 18.4. The van der Waals surface area contributed by atoms with Crippen LogP contribution in [-0.2, 0) is 11.2 Å². The molecule has 0 amide bonds. The van der Waals surface area contributed by atoms with E-state index >= 15 is 0 Å². The van der Waals surface area contributed by atoms with E-state index in [2.05, 4.69) is 18.2 Å². The average Bonchev–Trinajstić information content (AvgIpc) is 2.66. The molecule has 0 fully saturated rings. The zero-order chi connectivity index (χ0) is 18.5. The molecule has 0 radical (unpaired) electrons. The number of aryl methyl sites for hydroxylation is 1. The highest BCUT2D eigenvalue weighted by Gasteiger charge is 2.12. The maximum absolute atomic E-state index is 12.3. The molecule has 0 aliphatic rings. The second kappa shape index (κ2) is 8.35. The van der Waals surface area contributed by atoms with Crippen molar-refractivity contribution in [3.63, 3.8) is 0 Å². The van der Waals surface area contributed by atoms with Crippen LogP contribution in [-0.4, -0.2) is 12.9 Å². The molecule has 1 atom stereocenters. The van der Waals surface area contributed by atoms with Gasteiger partial charge in [-0.2, -0.15) is 0 Å². The van der Waals surface area contributed by atoms with Crippen molar-refractivity contribution in [2.45, 2.75) is 25.3 Å². The third kappa shape index (κ3) is 4.63. The molecule has 0 aliphatic heterocycles. The Morgan fingerprint density at radius 2 is 1.73 bits per heavy atom. The highest BCUT2D eigenvalue weighted by molar-refractivity contribution is 6.30. The molecule has 0 aromatic heterocycles. The van der Waals surface area contributed by atoms with Crippen molar-refractivity contribution in [1.29, 1.82) is 0 Å². The summed E-state index contributed by atoms with van der Waals surface area (Å²) in [6.07, 6.45) is 1.55. The molecule has 0 saturated heterocycles. The molecule has 3 aromatic carbocycles. The largest absolute Gasteiger partial charge is 0.497 e. The Morgan fingerprint density at radius 1 is 1.04 bits per heavy atom. The van der Waals surface area contributed by atoms with E-state index in [1.54, 1.807) is 19.2 Å². The van der Waals surface area contributed by atoms with E-state index in [4.69, 9.17) is 22.1 Å². The molecule has 26 heavy (non-hydrogen) atoms. The van der Waals surface area contributed by atoms with Crippen molar-refractivity contribution in [2.75, 3.05) is 7.11 Å². The fourth-order valence-corrected chi connectivity index (χ4v) is 3.14. The van der Waals surface area contributed by atoms with E-state index in [9.17, 15) is 4.79 Å². The SMILES string of the molecule is COc1ccc2cc(CCC(=O)CC(N)c3ccc(Cl)cc3)ccc2c1. The van der Waals surface area contributed by atoms with E-state index in [0.29, 0.717) is 24.3 Å². The molecule has 2 N–H and O–H groups in total. The number of carbonyl (C=O) groups excluding carboxylic acids is 1. The predicted molar refractivity (Wildman–Crippen MR) is 107 cm³/mol. The maximum atomic E-state index is 12.3. The summed E-state index contributed by atoms with van der Waals surface area (Å²) >= 11 is 5.88. The summed E-state index contributed by atoms with van der Waals surface area (Å²) in [5.74, 6) is 1.01. The summed E-state index contributed by atoms with van der Waals surface area (Å²) in [5.41, 5.74) is 8.22. The molecule has 0 bridgehead atoms. The Morgan fingerprint density at radius 3 is 2.46 bits per heavy atom. The third-order valence-corrected chi connectivity index (χ3v) is 4.80. The molecule has 4 heteroatoms. The van der Waals surface area contributed by atoms with Gasteiger partial charge in [0.2, 0.25) is 0 Å². The van der Waals surface area contributed by atoms with Crippen molar-refractivity contribution in [1.82, 2.24) is 0 Å². The first-order chi connectivity index (χ1) is 12.5. The smallest absolute Gasteiger partial charge is 0.135 e. The molecular weight excluding hydrogens is 346 g/mol. The lowest BCUT2D eigenvalue weighted by Gasteiger charge is -2.11. The van der Waals surface area contributed by atoms with Gasteiger partial charge in [-0.15, -0.1) is 0 Å². The summed E-state index contributed by atoms with van der Waals surface area (Å²) in [4.78, 5) is 12.3. The van der Waals surface area contributed by atoms with Crippen molar-refractivity contribution >= 4 is 28.2 Å². The number of ketones is 1. The lowest BCUT2D eigenvalue weighted by atomic mass is 9.98. The minimum atomic E-state index is -0.288. The zero-order valence-corrected chi connectivity index (χ0v) is 15.5. The van der Waals surface area contributed by atoms with Gasteiger partial charge in [0.05, 0.1) is 7.11 Å². The van der Waals surface area contributed by atoms with Crippen LogP contribution in [0.4, 0.5) is 0 Å². The van der Waals surface area contributed by atoms with Crippen LogP contribution in [0.1, 0.15) is 30.0 Å². The first-order valence-electron chi connectivity index (χ1n) is 8.64. The summed E-state index contributed by atoms with van der Waals surface area (Å²) in [7, 11) is 1.66. The normalized spacial score (nSPS) is 12.1. The van der Waals surface area contributed by atoms with Crippen LogP contribution in [0.25, 0.3) is 10.8 Å². The minimum absolute atomic E-state index is 0.169. The monoisotopic (exact) mass is 367 g/mol. The van der Waals surface area contributed by atoms with Gasteiger partial charge in [-0.3, -0.25) is 4.79 Å². The van der Waals surface area contributed by atoms with E-state index in [-0.39, 0.29) is 11.8 Å². The van der Waals surface area contributed by atoms with Crippen LogP contribution in [0.3, 0.4) is 0 Å². The molecular formula is C22H22ClNO2. The van der Waals surface area contributed by atoms with Gasteiger partial charge in [0.1, 0.15) is 11.5 Å².